The monoisotopic (exact) mass is 237 g/mol. The van der Waals surface area contributed by atoms with E-state index in [0.29, 0.717) is 5.88 Å². The Morgan fingerprint density at radius 2 is 1.88 bits per heavy atom. The first-order valence-electron chi connectivity index (χ1n) is 5.48. The van der Waals surface area contributed by atoms with E-state index in [-0.39, 0.29) is 0 Å². The number of hydrogen-bond donors (Lipinski definition) is 0. The quantitative estimate of drug-likeness (QED) is 0.750. The van der Waals surface area contributed by atoms with Crippen LogP contribution in [0, 0.1) is 0 Å². The van der Waals surface area contributed by atoms with Crippen LogP contribution < -0.4 is 4.90 Å². The number of hydrogen-bond acceptors (Lipinski definition) is 2. The number of ether oxygens (including phenoxy) is 1. The summed E-state index contributed by atoms with van der Waals surface area (Å²) in [4.78, 5) is 2.33. The minimum absolute atomic E-state index is 0.483. The Bertz CT molecular complexity index is 355. The normalized spacial score (nSPS) is 16.2. The standard InChI is InChI=1S/C13H16ClNO/c1-11(10-14)12-2-4-13(5-3-12)15-6-8-16-9-7-15/h2-5H,1,6-10H2. The molecule has 2 nitrogen and oxygen atoms in total. The highest BCUT2D eigenvalue weighted by atomic mass is 35.5. The smallest absolute Gasteiger partial charge is 0.0642 e. The van der Waals surface area contributed by atoms with Crippen molar-refractivity contribution in [1.82, 2.24) is 0 Å². The van der Waals surface area contributed by atoms with Crippen LogP contribution in [0.5, 0.6) is 0 Å². The van der Waals surface area contributed by atoms with E-state index in [1.165, 1.54) is 5.69 Å². The van der Waals surface area contributed by atoms with Gasteiger partial charge in [0, 0.05) is 24.7 Å². The Kier molecular flexibility index (Phi) is 3.86. The van der Waals surface area contributed by atoms with E-state index in [2.05, 4.69) is 35.7 Å². The molecule has 1 aliphatic heterocycles. The Hall–Kier alpha value is -0.990. The van der Waals surface area contributed by atoms with Crippen molar-refractivity contribution in [2.75, 3.05) is 37.1 Å². The SMILES string of the molecule is C=C(CCl)c1ccc(N2CCOCC2)cc1. The van der Waals surface area contributed by atoms with Crippen molar-refractivity contribution in [3.63, 3.8) is 0 Å². The molecule has 3 heteroatoms. The molecule has 2 rings (SSSR count). The van der Waals surface area contributed by atoms with E-state index in [0.717, 1.165) is 37.4 Å². The van der Waals surface area contributed by atoms with Crippen molar-refractivity contribution in [1.29, 1.82) is 0 Å². The van der Waals surface area contributed by atoms with Gasteiger partial charge in [0.05, 0.1) is 13.2 Å². The third-order valence-electron chi connectivity index (χ3n) is 2.81. The van der Waals surface area contributed by atoms with E-state index in [1.807, 2.05) is 0 Å². The first-order valence-corrected chi connectivity index (χ1v) is 6.01. The molecule has 1 fully saturated rings. The zero-order chi connectivity index (χ0) is 11.4. The maximum atomic E-state index is 5.75. The lowest BCUT2D eigenvalue weighted by atomic mass is 10.1. The van der Waals surface area contributed by atoms with Gasteiger partial charge in [-0.2, -0.15) is 0 Å². The van der Waals surface area contributed by atoms with Gasteiger partial charge in [0.2, 0.25) is 0 Å². The van der Waals surface area contributed by atoms with Gasteiger partial charge in [0.15, 0.2) is 0 Å². The molecule has 0 N–H and O–H groups in total. The molecule has 1 saturated heterocycles. The second-order valence-electron chi connectivity index (χ2n) is 3.88. The predicted octanol–water partition coefficient (Wildman–Crippen LogP) is 2.78. The van der Waals surface area contributed by atoms with Crippen LogP contribution in [0.4, 0.5) is 5.69 Å². The summed E-state index contributed by atoms with van der Waals surface area (Å²) in [5, 5.41) is 0. The fraction of sp³-hybridized carbons (Fsp3) is 0.385. The largest absolute Gasteiger partial charge is 0.378 e. The molecule has 0 spiro atoms. The van der Waals surface area contributed by atoms with Gasteiger partial charge in [-0.1, -0.05) is 18.7 Å². The summed E-state index contributed by atoms with van der Waals surface area (Å²) in [5.41, 5.74) is 3.33. The summed E-state index contributed by atoms with van der Waals surface area (Å²) in [7, 11) is 0. The summed E-state index contributed by atoms with van der Waals surface area (Å²) in [6.07, 6.45) is 0. The predicted molar refractivity (Wildman–Crippen MR) is 69.2 cm³/mol. The van der Waals surface area contributed by atoms with Crippen molar-refractivity contribution in [2.24, 2.45) is 0 Å². The van der Waals surface area contributed by atoms with Gasteiger partial charge in [0.25, 0.3) is 0 Å². The molecule has 86 valence electrons. The average Bonchev–Trinajstić information content (AvgIpc) is 2.39. The molecule has 0 radical (unpaired) electrons. The number of allylic oxidation sites excluding steroid dienone is 1. The Morgan fingerprint density at radius 1 is 1.25 bits per heavy atom. The Morgan fingerprint density at radius 3 is 2.44 bits per heavy atom. The van der Waals surface area contributed by atoms with E-state index < -0.39 is 0 Å². The zero-order valence-corrected chi connectivity index (χ0v) is 10.0. The fourth-order valence-corrected chi connectivity index (χ4v) is 1.96. The summed E-state index contributed by atoms with van der Waals surface area (Å²) < 4.78 is 5.33. The van der Waals surface area contributed by atoms with Gasteiger partial charge < -0.3 is 9.64 Å². The molecule has 0 aromatic heterocycles. The lowest BCUT2D eigenvalue weighted by Crippen LogP contribution is -2.36. The highest BCUT2D eigenvalue weighted by Gasteiger charge is 2.10. The third-order valence-corrected chi connectivity index (χ3v) is 3.14. The molecule has 0 bridgehead atoms. The van der Waals surface area contributed by atoms with Crippen LogP contribution in [0.25, 0.3) is 5.57 Å². The minimum atomic E-state index is 0.483. The molecule has 0 atom stereocenters. The summed E-state index contributed by atoms with van der Waals surface area (Å²) in [6.45, 7) is 7.49. The van der Waals surface area contributed by atoms with Gasteiger partial charge in [-0.05, 0) is 23.3 Å². The van der Waals surface area contributed by atoms with E-state index >= 15 is 0 Å². The highest BCUT2D eigenvalue weighted by Crippen LogP contribution is 2.20. The number of nitrogens with zero attached hydrogens (tertiary/aromatic N) is 1. The molecule has 1 aromatic carbocycles. The number of halogens is 1. The zero-order valence-electron chi connectivity index (χ0n) is 9.29. The first-order chi connectivity index (χ1) is 7.81. The summed E-state index contributed by atoms with van der Waals surface area (Å²) in [6, 6.07) is 8.40. The lowest BCUT2D eigenvalue weighted by Gasteiger charge is -2.28. The fourth-order valence-electron chi connectivity index (χ4n) is 1.81. The van der Waals surface area contributed by atoms with Crippen LogP contribution in [0.15, 0.2) is 30.8 Å². The number of anilines is 1. The number of alkyl halides is 1. The average molecular weight is 238 g/mol. The van der Waals surface area contributed by atoms with Gasteiger partial charge in [0.1, 0.15) is 0 Å². The lowest BCUT2D eigenvalue weighted by molar-refractivity contribution is 0.122. The Balaban J connectivity index is 2.09. The van der Waals surface area contributed by atoms with Crippen molar-refractivity contribution in [3.05, 3.63) is 36.4 Å². The van der Waals surface area contributed by atoms with Gasteiger partial charge in [-0.3, -0.25) is 0 Å². The van der Waals surface area contributed by atoms with E-state index in [9.17, 15) is 0 Å². The van der Waals surface area contributed by atoms with Crippen LogP contribution >= 0.6 is 11.6 Å². The van der Waals surface area contributed by atoms with Crippen LogP contribution in [0.1, 0.15) is 5.56 Å². The first kappa shape index (κ1) is 11.5. The van der Waals surface area contributed by atoms with Crippen molar-refractivity contribution >= 4 is 22.9 Å². The Labute approximate surface area is 101 Å². The molecule has 1 aliphatic rings. The molecule has 0 aliphatic carbocycles. The molecule has 0 unspecified atom stereocenters. The van der Waals surface area contributed by atoms with Crippen molar-refractivity contribution < 1.29 is 4.74 Å². The van der Waals surface area contributed by atoms with Gasteiger partial charge in [-0.25, -0.2) is 0 Å². The second kappa shape index (κ2) is 5.37. The number of rotatable bonds is 3. The molecule has 0 amide bonds. The van der Waals surface area contributed by atoms with Gasteiger partial charge in [-0.15, -0.1) is 11.6 Å². The van der Waals surface area contributed by atoms with Crippen LogP contribution in [-0.4, -0.2) is 32.2 Å². The molecule has 1 heterocycles. The summed E-state index contributed by atoms with van der Waals surface area (Å²) >= 11 is 5.75. The van der Waals surface area contributed by atoms with E-state index in [4.69, 9.17) is 16.3 Å². The molecular formula is C13H16ClNO. The number of morpholine rings is 1. The molecule has 16 heavy (non-hydrogen) atoms. The van der Waals surface area contributed by atoms with Crippen LogP contribution in [0.3, 0.4) is 0 Å². The van der Waals surface area contributed by atoms with E-state index in [1.54, 1.807) is 0 Å². The van der Waals surface area contributed by atoms with Gasteiger partial charge >= 0.3 is 0 Å². The summed E-state index contributed by atoms with van der Waals surface area (Å²) in [5.74, 6) is 0.483. The number of benzene rings is 1. The highest BCUT2D eigenvalue weighted by molar-refractivity contribution is 6.23. The molecule has 1 aromatic rings. The van der Waals surface area contributed by atoms with Crippen LogP contribution in [0.2, 0.25) is 0 Å². The maximum absolute atomic E-state index is 5.75. The van der Waals surface area contributed by atoms with Crippen molar-refractivity contribution in [3.8, 4) is 0 Å². The van der Waals surface area contributed by atoms with Crippen LogP contribution in [-0.2, 0) is 4.74 Å². The molecular weight excluding hydrogens is 222 g/mol. The molecule has 0 saturated carbocycles. The maximum Gasteiger partial charge on any atom is 0.0642 e. The topological polar surface area (TPSA) is 12.5 Å². The van der Waals surface area contributed by atoms with Crippen molar-refractivity contribution in [2.45, 2.75) is 0 Å². The minimum Gasteiger partial charge on any atom is -0.378 e. The second-order valence-corrected chi connectivity index (χ2v) is 4.15. The third kappa shape index (κ3) is 2.57.